The molecule has 1 atom stereocenters. The number of piperazine rings is 1. The molecule has 1 amide bonds. The number of nitrogens with zero attached hydrogens (tertiary/aromatic N) is 5. The molecule has 3 saturated carbocycles. The lowest BCUT2D eigenvalue weighted by Gasteiger charge is -2.58. The Morgan fingerprint density at radius 3 is 2.34 bits per heavy atom. The number of methoxy groups -OCH3 is 1. The predicted molar refractivity (Wildman–Crippen MR) is 248 cm³/mol. The zero-order valence-corrected chi connectivity index (χ0v) is 39.0. The van der Waals surface area contributed by atoms with Gasteiger partial charge >= 0.3 is 5.69 Å². The number of sulfone groups is 1. The van der Waals surface area contributed by atoms with E-state index in [1.807, 2.05) is 14.0 Å². The average molecular weight is 900 g/mol. The third-order valence-corrected chi connectivity index (χ3v) is 17.5. The number of nitrogens with one attached hydrogen (secondary N) is 1. The van der Waals surface area contributed by atoms with Gasteiger partial charge in [-0.25, -0.2) is 13.4 Å². The number of hydrogen-bond donors (Lipinski definition) is 3. The summed E-state index contributed by atoms with van der Waals surface area (Å²) in [5.41, 5.74) is 8.17. The molecule has 3 aromatic rings. The lowest BCUT2D eigenvalue weighted by atomic mass is 9.59. The number of primary amides is 1. The van der Waals surface area contributed by atoms with E-state index in [-0.39, 0.29) is 32.5 Å². The van der Waals surface area contributed by atoms with Gasteiger partial charge in [-0.2, -0.15) is 0 Å². The number of ether oxygens (including phenoxy) is 1. The maximum atomic E-state index is 14.3. The molecule has 15 heteroatoms. The average Bonchev–Trinajstić information content (AvgIpc) is 3.28. The summed E-state index contributed by atoms with van der Waals surface area (Å²) in [7, 11) is -2.61. The van der Waals surface area contributed by atoms with Crippen LogP contribution in [0.25, 0.3) is 0 Å². The second-order valence-corrected chi connectivity index (χ2v) is 22.3. The first kappa shape index (κ1) is 46.4. The first-order valence-electron chi connectivity index (χ1n) is 23.7. The van der Waals surface area contributed by atoms with E-state index in [2.05, 4.69) is 63.1 Å². The van der Waals surface area contributed by atoms with E-state index < -0.39 is 32.0 Å². The maximum Gasteiger partial charge on any atom is 0.312 e. The molecule has 3 heterocycles. The number of aromatic nitrogens is 1. The molecule has 8 rings (SSSR count). The minimum Gasteiger partial charge on any atom is -0.390 e. The summed E-state index contributed by atoms with van der Waals surface area (Å²) in [6, 6.07) is 15.6. The van der Waals surface area contributed by atoms with Crippen LogP contribution in [0.4, 0.5) is 17.2 Å². The summed E-state index contributed by atoms with van der Waals surface area (Å²) in [4.78, 5) is 35.5. The molecule has 2 aliphatic heterocycles. The van der Waals surface area contributed by atoms with Crippen molar-refractivity contribution in [2.45, 2.75) is 137 Å². The molecule has 348 valence electrons. The van der Waals surface area contributed by atoms with Crippen molar-refractivity contribution in [3.63, 3.8) is 0 Å². The Labute approximate surface area is 379 Å². The summed E-state index contributed by atoms with van der Waals surface area (Å²) in [5.74, 6) is 0.427. The van der Waals surface area contributed by atoms with Gasteiger partial charge in [0.25, 0.3) is 0 Å². The molecular weight excluding hydrogens is 831 g/mol. The molecule has 2 saturated heterocycles. The third kappa shape index (κ3) is 9.98. The van der Waals surface area contributed by atoms with Crippen molar-refractivity contribution in [3.05, 3.63) is 81.5 Å². The molecular formula is C49H69N7O7S. The van der Waals surface area contributed by atoms with Crippen LogP contribution in [0.5, 0.6) is 0 Å². The molecule has 5 fully saturated rings. The summed E-state index contributed by atoms with van der Waals surface area (Å²) in [6.45, 7) is 12.7. The highest BCUT2D eigenvalue weighted by atomic mass is 32.2. The van der Waals surface area contributed by atoms with E-state index in [9.17, 15) is 28.4 Å². The van der Waals surface area contributed by atoms with Crippen molar-refractivity contribution in [3.8, 4) is 0 Å². The molecule has 14 nitrogen and oxygen atoms in total. The molecule has 3 aliphatic carbocycles. The lowest BCUT2D eigenvalue weighted by Crippen LogP contribution is -2.60. The fourth-order valence-corrected chi connectivity index (χ4v) is 13.1. The van der Waals surface area contributed by atoms with Crippen LogP contribution >= 0.6 is 0 Å². The summed E-state index contributed by atoms with van der Waals surface area (Å²) in [6.07, 6.45) is 13.3. The number of aliphatic hydroxyl groups is 1. The highest BCUT2D eigenvalue weighted by Gasteiger charge is 2.50. The van der Waals surface area contributed by atoms with Gasteiger partial charge in [0.1, 0.15) is 0 Å². The molecule has 4 N–H and O–H groups in total. The molecule has 1 spiro atoms. The number of amides is 1. The first-order valence-corrected chi connectivity index (χ1v) is 25.2. The minimum absolute atomic E-state index is 0.0280. The number of carbonyl (C=O) groups is 1. The Balaban J connectivity index is 0.938. The number of pyridine rings is 1. The van der Waals surface area contributed by atoms with Crippen LogP contribution in [-0.4, -0.2) is 110 Å². The van der Waals surface area contributed by atoms with Gasteiger partial charge in [-0.1, -0.05) is 38.1 Å². The van der Waals surface area contributed by atoms with E-state index in [1.165, 1.54) is 36.1 Å². The normalized spacial score (nSPS) is 27.1. The van der Waals surface area contributed by atoms with Crippen LogP contribution in [0, 0.1) is 27.4 Å². The number of hydrogen-bond acceptors (Lipinski definition) is 12. The Kier molecular flexibility index (Phi) is 13.8. The number of benzene rings is 2. The van der Waals surface area contributed by atoms with Gasteiger partial charge in [-0.3, -0.25) is 24.7 Å². The first-order chi connectivity index (χ1) is 30.5. The van der Waals surface area contributed by atoms with Crippen molar-refractivity contribution >= 4 is 32.9 Å². The van der Waals surface area contributed by atoms with Gasteiger partial charge < -0.3 is 25.8 Å². The van der Waals surface area contributed by atoms with Gasteiger partial charge in [0.15, 0.2) is 0 Å². The number of carbonyl (C=O) groups excluding carboxylic acids is 1. The second kappa shape index (κ2) is 19.0. The standard InChI is InChI=1S/C49H69N7O7S/c1-33(2)40-7-5-6-8-41(40)44-32-53(31-35-9-12-38(63-4)13-10-35)23-24-55(44)37-27-49(28-37)19-21-54(22-20-49)36-11-14-42(46(50)57)45(25-36)64(61,62)39-26-43(56(59)60)47(52-30-39)51-29-34-15-17-48(3,58)18-16-34/h5-8,11,14,25-26,30,33-35,37-38,44,58H,9-10,12-13,15-24,27-29,31-32H2,1-4H3,(H2,50,57)(H,51,52)/t34?,35?,38?,44-,48?/m0/s1. The Morgan fingerprint density at radius 2 is 1.69 bits per heavy atom. The van der Waals surface area contributed by atoms with Gasteiger partial charge in [0, 0.05) is 83.0 Å². The van der Waals surface area contributed by atoms with E-state index in [0.717, 1.165) is 109 Å². The highest BCUT2D eigenvalue weighted by molar-refractivity contribution is 7.91. The second-order valence-electron chi connectivity index (χ2n) is 20.4. The van der Waals surface area contributed by atoms with Crippen LogP contribution in [0.1, 0.15) is 131 Å². The van der Waals surface area contributed by atoms with Gasteiger partial charge in [-0.05, 0) is 136 Å². The van der Waals surface area contributed by atoms with E-state index in [1.54, 1.807) is 6.07 Å². The number of nitro groups is 1. The number of anilines is 2. The van der Waals surface area contributed by atoms with Crippen LogP contribution in [0.3, 0.4) is 0 Å². The fraction of sp³-hybridized carbons (Fsp3) is 0.633. The van der Waals surface area contributed by atoms with E-state index in [4.69, 9.17) is 10.5 Å². The maximum absolute atomic E-state index is 14.3. The van der Waals surface area contributed by atoms with Crippen molar-refractivity contribution < 1.29 is 28.0 Å². The number of rotatable bonds is 14. The zero-order valence-electron chi connectivity index (χ0n) is 38.2. The van der Waals surface area contributed by atoms with E-state index >= 15 is 0 Å². The summed E-state index contributed by atoms with van der Waals surface area (Å²) >= 11 is 0. The Bertz CT molecular complexity index is 2250. The van der Waals surface area contributed by atoms with Crippen molar-refractivity contribution in [2.24, 2.45) is 23.0 Å². The van der Waals surface area contributed by atoms with E-state index in [0.29, 0.717) is 49.2 Å². The topological polar surface area (TPSA) is 184 Å². The molecule has 0 radical (unpaired) electrons. The van der Waals surface area contributed by atoms with Crippen LogP contribution < -0.4 is 16.0 Å². The quantitative estimate of drug-likeness (QED) is 0.106. The van der Waals surface area contributed by atoms with Crippen molar-refractivity contribution in [1.82, 2.24) is 14.8 Å². The van der Waals surface area contributed by atoms with Gasteiger partial charge in [0.05, 0.1) is 32.0 Å². The summed E-state index contributed by atoms with van der Waals surface area (Å²) < 4.78 is 34.2. The lowest BCUT2D eigenvalue weighted by molar-refractivity contribution is -0.384. The van der Waals surface area contributed by atoms with Gasteiger partial charge in [0.2, 0.25) is 21.6 Å². The molecule has 1 aromatic heterocycles. The van der Waals surface area contributed by atoms with Crippen LogP contribution in [0.15, 0.2) is 64.5 Å². The molecule has 0 unspecified atom stereocenters. The largest absolute Gasteiger partial charge is 0.390 e. The number of nitrogens with two attached hydrogens (primary N) is 1. The van der Waals surface area contributed by atoms with Crippen molar-refractivity contribution in [1.29, 1.82) is 0 Å². The number of piperidine rings is 1. The monoisotopic (exact) mass is 899 g/mol. The predicted octanol–water partition coefficient (Wildman–Crippen LogP) is 7.71. The Morgan fingerprint density at radius 1 is 0.984 bits per heavy atom. The molecule has 5 aliphatic rings. The molecule has 2 aromatic carbocycles. The smallest absolute Gasteiger partial charge is 0.312 e. The van der Waals surface area contributed by atoms with Gasteiger partial charge in [-0.15, -0.1) is 0 Å². The fourth-order valence-electron chi connectivity index (χ4n) is 11.7. The van der Waals surface area contributed by atoms with Crippen LogP contribution in [0.2, 0.25) is 0 Å². The van der Waals surface area contributed by atoms with Crippen LogP contribution in [-0.2, 0) is 14.6 Å². The SMILES string of the molecule is COC1CCC(CN2CCN(C3CC4(CCN(c5ccc(C(N)=O)c(S(=O)(=O)c6cnc(NCC7CCC(C)(O)CC7)c([N+](=O)[O-])c6)c5)CC4)C3)[C@H](c3ccccc3C(C)C)C2)CC1. The minimum atomic E-state index is -4.45. The Hall–Kier alpha value is -4.15. The summed E-state index contributed by atoms with van der Waals surface area (Å²) in [5, 5.41) is 25.6. The zero-order chi connectivity index (χ0) is 45.4. The highest BCUT2D eigenvalue weighted by Crippen LogP contribution is 2.53. The third-order valence-electron chi connectivity index (χ3n) is 15.7. The molecule has 64 heavy (non-hydrogen) atoms. The molecule has 0 bridgehead atoms. The van der Waals surface area contributed by atoms with Crippen molar-refractivity contribution in [2.75, 3.05) is 63.1 Å².